The quantitative estimate of drug-likeness (QED) is 0.899. The molecule has 19 heavy (non-hydrogen) atoms. The summed E-state index contributed by atoms with van der Waals surface area (Å²) in [6.45, 7) is 9.11. The molecule has 1 aromatic heterocycles. The molecule has 1 atom stereocenters. The van der Waals surface area contributed by atoms with E-state index in [1.165, 1.54) is 4.88 Å². The Morgan fingerprint density at radius 2 is 2.16 bits per heavy atom. The average molecular weight is 280 g/mol. The smallest absolute Gasteiger partial charge is 0.239 e. The molecule has 1 fully saturated rings. The predicted molar refractivity (Wildman–Crippen MR) is 80.6 cm³/mol. The Bertz CT molecular complexity index is 408. The van der Waals surface area contributed by atoms with Crippen molar-refractivity contribution in [2.45, 2.75) is 45.1 Å². The first-order valence-electron chi connectivity index (χ1n) is 7.07. The van der Waals surface area contributed by atoms with Gasteiger partial charge in [0, 0.05) is 29.9 Å². The van der Waals surface area contributed by atoms with Gasteiger partial charge in [0.1, 0.15) is 0 Å². The molecule has 1 aliphatic heterocycles. The van der Waals surface area contributed by atoms with E-state index in [1.54, 1.807) is 11.3 Å². The summed E-state index contributed by atoms with van der Waals surface area (Å²) in [5.41, 5.74) is 0.0771. The lowest BCUT2D eigenvalue weighted by Crippen LogP contribution is -2.47. The number of amides is 1. The maximum Gasteiger partial charge on any atom is 0.239 e. The molecule has 4 heteroatoms. The largest absolute Gasteiger partial charge is 0.341 e. The van der Waals surface area contributed by atoms with Crippen LogP contribution in [0.5, 0.6) is 0 Å². The molecule has 0 radical (unpaired) electrons. The highest BCUT2D eigenvalue weighted by molar-refractivity contribution is 7.10. The molecule has 0 aliphatic carbocycles. The summed E-state index contributed by atoms with van der Waals surface area (Å²) < 4.78 is 0. The number of thiophene rings is 1. The summed E-state index contributed by atoms with van der Waals surface area (Å²) in [4.78, 5) is 15.6. The van der Waals surface area contributed by atoms with E-state index in [-0.39, 0.29) is 17.4 Å². The van der Waals surface area contributed by atoms with E-state index < -0.39 is 0 Å². The zero-order valence-electron chi connectivity index (χ0n) is 12.1. The van der Waals surface area contributed by atoms with Crippen LogP contribution in [0.4, 0.5) is 0 Å². The van der Waals surface area contributed by atoms with Gasteiger partial charge >= 0.3 is 0 Å². The molecule has 0 spiro atoms. The van der Waals surface area contributed by atoms with Gasteiger partial charge in [0.15, 0.2) is 0 Å². The van der Waals surface area contributed by atoms with E-state index in [1.807, 2.05) is 11.8 Å². The lowest BCUT2D eigenvalue weighted by molar-refractivity contribution is -0.132. The Hall–Kier alpha value is -0.870. The second-order valence-electron chi connectivity index (χ2n) is 6.00. The highest BCUT2D eigenvalue weighted by Crippen LogP contribution is 2.26. The third kappa shape index (κ3) is 3.57. The van der Waals surface area contributed by atoms with Crippen LogP contribution < -0.4 is 5.32 Å². The van der Waals surface area contributed by atoms with Crippen LogP contribution in [0.25, 0.3) is 0 Å². The lowest BCUT2D eigenvalue weighted by Gasteiger charge is -2.27. The maximum absolute atomic E-state index is 12.2. The Labute approximate surface area is 120 Å². The molecule has 1 amide bonds. The minimum atomic E-state index is -0.0858. The van der Waals surface area contributed by atoms with Gasteiger partial charge in [0.2, 0.25) is 5.91 Å². The van der Waals surface area contributed by atoms with E-state index in [0.29, 0.717) is 0 Å². The van der Waals surface area contributed by atoms with Gasteiger partial charge < -0.3 is 10.2 Å². The van der Waals surface area contributed by atoms with E-state index in [0.717, 1.165) is 32.5 Å². The van der Waals surface area contributed by atoms with E-state index in [4.69, 9.17) is 0 Å². The summed E-state index contributed by atoms with van der Waals surface area (Å²) in [6.07, 6.45) is 2.30. The summed E-state index contributed by atoms with van der Waals surface area (Å²) in [5, 5.41) is 5.51. The van der Waals surface area contributed by atoms with Gasteiger partial charge in [-0.1, -0.05) is 19.9 Å². The van der Waals surface area contributed by atoms with Crippen molar-refractivity contribution in [2.24, 2.45) is 0 Å². The van der Waals surface area contributed by atoms with Crippen LogP contribution >= 0.6 is 11.3 Å². The minimum Gasteiger partial charge on any atom is -0.341 e. The Balaban J connectivity index is 1.86. The SMILES string of the molecule is CC(NCC(C)(C)c1cccs1)C(=O)N1CCCC1. The van der Waals surface area contributed by atoms with Gasteiger partial charge in [-0.3, -0.25) is 4.79 Å². The third-order valence-electron chi connectivity index (χ3n) is 3.83. The monoisotopic (exact) mass is 280 g/mol. The number of hydrogen-bond donors (Lipinski definition) is 1. The lowest BCUT2D eigenvalue weighted by atomic mass is 9.91. The van der Waals surface area contributed by atoms with Crippen molar-refractivity contribution < 1.29 is 4.79 Å². The van der Waals surface area contributed by atoms with Gasteiger partial charge in [-0.05, 0) is 31.2 Å². The number of likely N-dealkylation sites (tertiary alicyclic amines) is 1. The van der Waals surface area contributed by atoms with Crippen molar-refractivity contribution >= 4 is 17.2 Å². The number of hydrogen-bond acceptors (Lipinski definition) is 3. The molecule has 1 unspecified atom stereocenters. The first-order chi connectivity index (χ1) is 9.00. The highest BCUT2D eigenvalue weighted by Gasteiger charge is 2.26. The second kappa shape index (κ2) is 6.06. The van der Waals surface area contributed by atoms with E-state index >= 15 is 0 Å². The fourth-order valence-electron chi connectivity index (χ4n) is 2.46. The number of nitrogens with zero attached hydrogens (tertiary/aromatic N) is 1. The molecule has 1 aromatic rings. The van der Waals surface area contributed by atoms with Crippen LogP contribution in [0.3, 0.4) is 0 Å². The molecule has 2 rings (SSSR count). The maximum atomic E-state index is 12.2. The standard InChI is InChI=1S/C15H24N2OS/c1-12(14(18)17-8-4-5-9-17)16-11-15(2,3)13-7-6-10-19-13/h6-7,10,12,16H,4-5,8-9,11H2,1-3H3. The molecule has 1 saturated heterocycles. The van der Waals surface area contributed by atoms with Crippen molar-refractivity contribution in [1.82, 2.24) is 10.2 Å². The zero-order chi connectivity index (χ0) is 13.9. The Kier molecular flexibility index (Phi) is 4.63. The number of rotatable bonds is 5. The van der Waals surface area contributed by atoms with E-state index in [2.05, 4.69) is 36.7 Å². The topological polar surface area (TPSA) is 32.3 Å². The predicted octanol–water partition coefficient (Wildman–Crippen LogP) is 2.63. The van der Waals surface area contributed by atoms with Crippen molar-refractivity contribution in [3.05, 3.63) is 22.4 Å². The number of carbonyl (C=O) groups is 1. The summed E-state index contributed by atoms with van der Waals surface area (Å²) >= 11 is 1.78. The molecule has 3 nitrogen and oxygen atoms in total. The first kappa shape index (κ1) is 14.5. The van der Waals surface area contributed by atoms with Crippen LogP contribution in [0, 0.1) is 0 Å². The molecule has 2 heterocycles. The Morgan fingerprint density at radius 1 is 1.47 bits per heavy atom. The van der Waals surface area contributed by atoms with Crippen molar-refractivity contribution in [1.29, 1.82) is 0 Å². The summed E-state index contributed by atoms with van der Waals surface area (Å²) in [7, 11) is 0. The first-order valence-corrected chi connectivity index (χ1v) is 7.95. The van der Waals surface area contributed by atoms with Gasteiger partial charge in [-0.25, -0.2) is 0 Å². The third-order valence-corrected chi connectivity index (χ3v) is 5.06. The highest BCUT2D eigenvalue weighted by atomic mass is 32.1. The summed E-state index contributed by atoms with van der Waals surface area (Å²) in [6, 6.07) is 4.16. The van der Waals surface area contributed by atoms with Gasteiger partial charge in [-0.2, -0.15) is 0 Å². The molecule has 1 aliphatic rings. The fraction of sp³-hybridized carbons (Fsp3) is 0.667. The fourth-order valence-corrected chi connectivity index (χ4v) is 3.31. The van der Waals surface area contributed by atoms with Crippen LogP contribution in [-0.2, 0) is 10.2 Å². The Morgan fingerprint density at radius 3 is 2.74 bits per heavy atom. The van der Waals surface area contributed by atoms with Gasteiger partial charge in [0.25, 0.3) is 0 Å². The van der Waals surface area contributed by atoms with Gasteiger partial charge in [0.05, 0.1) is 6.04 Å². The molecular formula is C15H24N2OS. The molecule has 0 bridgehead atoms. The summed E-state index contributed by atoms with van der Waals surface area (Å²) in [5.74, 6) is 0.250. The molecule has 106 valence electrons. The van der Waals surface area contributed by atoms with Crippen LogP contribution in [-0.4, -0.2) is 36.5 Å². The van der Waals surface area contributed by atoms with E-state index in [9.17, 15) is 4.79 Å². The second-order valence-corrected chi connectivity index (χ2v) is 6.94. The number of nitrogens with one attached hydrogen (secondary N) is 1. The van der Waals surface area contributed by atoms with Crippen LogP contribution in [0.1, 0.15) is 38.5 Å². The van der Waals surface area contributed by atoms with Crippen LogP contribution in [0.2, 0.25) is 0 Å². The minimum absolute atomic E-state index is 0.0771. The van der Waals surface area contributed by atoms with Crippen molar-refractivity contribution in [2.75, 3.05) is 19.6 Å². The molecule has 0 saturated carbocycles. The van der Waals surface area contributed by atoms with Gasteiger partial charge in [-0.15, -0.1) is 11.3 Å². The normalized spacial score (nSPS) is 17.7. The molecule has 1 N–H and O–H groups in total. The molecular weight excluding hydrogens is 256 g/mol. The average Bonchev–Trinajstić information content (AvgIpc) is 3.06. The van der Waals surface area contributed by atoms with Crippen molar-refractivity contribution in [3.8, 4) is 0 Å². The zero-order valence-corrected chi connectivity index (χ0v) is 12.9. The van der Waals surface area contributed by atoms with Crippen LogP contribution in [0.15, 0.2) is 17.5 Å². The number of carbonyl (C=O) groups excluding carboxylic acids is 1. The van der Waals surface area contributed by atoms with Crippen molar-refractivity contribution in [3.63, 3.8) is 0 Å². The molecule has 0 aromatic carbocycles.